The highest BCUT2D eigenvalue weighted by atomic mass is 16.5. The number of carboxylic acid groups (broad SMARTS) is 1. The fraction of sp³-hybridized carbons (Fsp3) is 0.556. The molecule has 82 valence electrons. The van der Waals surface area contributed by atoms with Crippen molar-refractivity contribution in [3.05, 3.63) is 11.1 Å². The van der Waals surface area contributed by atoms with Crippen LogP contribution in [-0.2, 0) is 9.53 Å². The summed E-state index contributed by atoms with van der Waals surface area (Å²) < 4.78 is 4.18. The van der Waals surface area contributed by atoms with E-state index in [4.69, 9.17) is 5.11 Å². The normalized spacial score (nSPS) is 8.00. The molecule has 0 rings (SSSR count). The van der Waals surface area contributed by atoms with Crippen LogP contribution in [0.4, 0.5) is 4.79 Å². The number of carbonyl (C=O) groups excluding carboxylic acids is 1. The van der Waals surface area contributed by atoms with Crippen LogP contribution in [0.25, 0.3) is 0 Å². The Bertz CT molecular complexity index is 229. The SMILES string of the molecule is CC(C)=C(C)C(=O)O.CCOC(N)=O. The lowest BCUT2D eigenvalue weighted by atomic mass is 10.2. The summed E-state index contributed by atoms with van der Waals surface area (Å²) in [5, 5.41) is 8.29. The Kier molecular flexibility index (Phi) is 8.66. The van der Waals surface area contributed by atoms with Crippen molar-refractivity contribution < 1.29 is 19.4 Å². The molecule has 0 bridgehead atoms. The van der Waals surface area contributed by atoms with Crippen molar-refractivity contribution in [3.63, 3.8) is 0 Å². The van der Waals surface area contributed by atoms with E-state index in [2.05, 4.69) is 10.5 Å². The summed E-state index contributed by atoms with van der Waals surface area (Å²) in [6.07, 6.45) is -0.711. The number of primary amides is 1. The van der Waals surface area contributed by atoms with E-state index >= 15 is 0 Å². The predicted molar refractivity (Wildman–Crippen MR) is 52.9 cm³/mol. The lowest BCUT2D eigenvalue weighted by Gasteiger charge is -1.92. The number of aliphatic carboxylic acids is 1. The Hall–Kier alpha value is -1.52. The highest BCUT2D eigenvalue weighted by molar-refractivity contribution is 5.86. The molecule has 0 aliphatic rings. The number of carbonyl (C=O) groups is 2. The summed E-state index contributed by atoms with van der Waals surface area (Å²) in [5.41, 5.74) is 5.84. The van der Waals surface area contributed by atoms with Crippen molar-refractivity contribution in [3.8, 4) is 0 Å². The van der Waals surface area contributed by atoms with Crippen LogP contribution in [0.5, 0.6) is 0 Å². The van der Waals surface area contributed by atoms with Gasteiger partial charge in [0.1, 0.15) is 0 Å². The number of hydrogen-bond acceptors (Lipinski definition) is 3. The number of allylic oxidation sites excluding steroid dienone is 1. The standard InChI is InChI=1S/C6H10O2.C3H7NO2/c1-4(2)5(3)6(7)8;1-2-6-3(4)5/h1-3H3,(H,7,8);2H2,1H3,(H2,4,5). The summed E-state index contributed by atoms with van der Waals surface area (Å²) in [6, 6.07) is 0. The largest absolute Gasteiger partial charge is 0.478 e. The molecule has 0 saturated carbocycles. The van der Waals surface area contributed by atoms with Gasteiger partial charge in [-0.2, -0.15) is 0 Å². The molecule has 1 amide bonds. The fourth-order valence-electron chi connectivity index (χ4n) is 0.356. The summed E-state index contributed by atoms with van der Waals surface area (Å²) in [7, 11) is 0. The second-order valence-corrected chi connectivity index (χ2v) is 2.68. The van der Waals surface area contributed by atoms with Gasteiger partial charge >= 0.3 is 12.1 Å². The Balaban J connectivity index is 0. The number of nitrogens with two attached hydrogens (primary N) is 1. The number of amides is 1. The molecule has 0 aromatic rings. The first-order chi connectivity index (χ1) is 6.32. The van der Waals surface area contributed by atoms with Gasteiger partial charge in [0.2, 0.25) is 0 Å². The van der Waals surface area contributed by atoms with E-state index in [0.717, 1.165) is 5.57 Å². The molecular weight excluding hydrogens is 186 g/mol. The zero-order valence-corrected chi connectivity index (χ0v) is 8.96. The van der Waals surface area contributed by atoms with Gasteiger partial charge in [0.15, 0.2) is 0 Å². The van der Waals surface area contributed by atoms with Crippen LogP contribution in [0.1, 0.15) is 27.7 Å². The lowest BCUT2D eigenvalue weighted by molar-refractivity contribution is -0.132. The van der Waals surface area contributed by atoms with Gasteiger partial charge in [0.05, 0.1) is 6.61 Å². The third-order valence-electron chi connectivity index (χ3n) is 1.36. The van der Waals surface area contributed by atoms with Crippen molar-refractivity contribution in [2.45, 2.75) is 27.7 Å². The summed E-state index contributed by atoms with van der Waals surface area (Å²) in [4.78, 5) is 19.7. The van der Waals surface area contributed by atoms with Crippen LogP contribution in [0.2, 0.25) is 0 Å². The average molecular weight is 203 g/mol. The highest BCUT2D eigenvalue weighted by Crippen LogP contribution is 1.99. The molecule has 0 spiro atoms. The molecule has 0 heterocycles. The molecule has 0 fully saturated rings. The number of hydrogen-bond donors (Lipinski definition) is 2. The number of rotatable bonds is 2. The summed E-state index contributed by atoms with van der Waals surface area (Å²) in [6.45, 7) is 7.21. The second kappa shape index (κ2) is 8.10. The maximum atomic E-state index is 10.1. The zero-order chi connectivity index (χ0) is 11.7. The Morgan fingerprint density at radius 1 is 1.29 bits per heavy atom. The first-order valence-corrected chi connectivity index (χ1v) is 4.12. The van der Waals surface area contributed by atoms with E-state index in [-0.39, 0.29) is 0 Å². The molecule has 0 radical (unpaired) electrons. The molecule has 0 aromatic carbocycles. The number of ether oxygens (including phenoxy) is 1. The van der Waals surface area contributed by atoms with Gasteiger partial charge in [-0.25, -0.2) is 9.59 Å². The summed E-state index contributed by atoms with van der Waals surface area (Å²) >= 11 is 0. The Morgan fingerprint density at radius 3 is 1.71 bits per heavy atom. The first kappa shape index (κ1) is 15.0. The molecule has 0 aromatic heterocycles. The fourth-order valence-corrected chi connectivity index (χ4v) is 0.356. The van der Waals surface area contributed by atoms with Gasteiger partial charge < -0.3 is 15.6 Å². The van der Waals surface area contributed by atoms with Gasteiger partial charge in [-0.05, 0) is 27.7 Å². The molecule has 0 aliphatic heterocycles. The van der Waals surface area contributed by atoms with Gasteiger partial charge in [-0.15, -0.1) is 0 Å². The lowest BCUT2D eigenvalue weighted by Crippen LogP contribution is -2.11. The quantitative estimate of drug-likeness (QED) is 0.666. The average Bonchev–Trinajstić information content (AvgIpc) is 2.03. The van der Waals surface area contributed by atoms with E-state index in [1.54, 1.807) is 27.7 Å². The van der Waals surface area contributed by atoms with Crippen molar-refractivity contribution in [2.75, 3.05) is 6.61 Å². The van der Waals surface area contributed by atoms with Crippen LogP contribution in [0, 0.1) is 0 Å². The molecule has 0 atom stereocenters. The molecular formula is C9H17NO4. The van der Waals surface area contributed by atoms with Gasteiger partial charge in [-0.1, -0.05) is 5.57 Å². The second-order valence-electron chi connectivity index (χ2n) is 2.68. The smallest absolute Gasteiger partial charge is 0.404 e. The molecule has 0 aliphatic carbocycles. The van der Waals surface area contributed by atoms with Crippen molar-refractivity contribution in [1.29, 1.82) is 0 Å². The van der Waals surface area contributed by atoms with Crippen LogP contribution in [0.3, 0.4) is 0 Å². The molecule has 0 saturated heterocycles. The van der Waals surface area contributed by atoms with Crippen LogP contribution in [-0.4, -0.2) is 23.8 Å². The topological polar surface area (TPSA) is 89.6 Å². The van der Waals surface area contributed by atoms with E-state index < -0.39 is 12.1 Å². The van der Waals surface area contributed by atoms with Crippen LogP contribution in [0.15, 0.2) is 11.1 Å². The zero-order valence-electron chi connectivity index (χ0n) is 8.96. The van der Waals surface area contributed by atoms with E-state index in [1.807, 2.05) is 0 Å². The van der Waals surface area contributed by atoms with E-state index in [1.165, 1.54) is 0 Å². The van der Waals surface area contributed by atoms with Crippen molar-refractivity contribution in [2.24, 2.45) is 5.73 Å². The van der Waals surface area contributed by atoms with Crippen molar-refractivity contribution >= 4 is 12.1 Å². The molecule has 5 heteroatoms. The highest BCUT2D eigenvalue weighted by Gasteiger charge is 1.99. The minimum atomic E-state index is -0.829. The first-order valence-electron chi connectivity index (χ1n) is 4.12. The minimum absolute atomic E-state index is 0.356. The third-order valence-corrected chi connectivity index (χ3v) is 1.36. The molecule has 5 nitrogen and oxygen atoms in total. The van der Waals surface area contributed by atoms with Gasteiger partial charge in [0.25, 0.3) is 0 Å². The third kappa shape index (κ3) is 10.5. The summed E-state index contributed by atoms with van der Waals surface area (Å²) in [5.74, 6) is -0.829. The van der Waals surface area contributed by atoms with Gasteiger partial charge in [-0.3, -0.25) is 0 Å². The van der Waals surface area contributed by atoms with Crippen LogP contribution >= 0.6 is 0 Å². The predicted octanol–water partition coefficient (Wildman–Crippen LogP) is 1.53. The monoisotopic (exact) mass is 203 g/mol. The number of carboxylic acids is 1. The van der Waals surface area contributed by atoms with E-state index in [9.17, 15) is 9.59 Å². The maximum absolute atomic E-state index is 10.1. The van der Waals surface area contributed by atoms with E-state index in [0.29, 0.717) is 12.2 Å². The molecule has 3 N–H and O–H groups in total. The Labute approximate surface area is 83.5 Å². The minimum Gasteiger partial charge on any atom is -0.478 e. The van der Waals surface area contributed by atoms with Gasteiger partial charge in [0, 0.05) is 5.57 Å². The molecule has 14 heavy (non-hydrogen) atoms. The van der Waals surface area contributed by atoms with Crippen LogP contribution < -0.4 is 5.73 Å². The Morgan fingerprint density at radius 2 is 1.71 bits per heavy atom. The molecule has 0 unspecified atom stereocenters. The maximum Gasteiger partial charge on any atom is 0.404 e. The van der Waals surface area contributed by atoms with Crippen molar-refractivity contribution in [1.82, 2.24) is 0 Å².